The van der Waals surface area contributed by atoms with E-state index in [0.717, 1.165) is 37.9 Å². The van der Waals surface area contributed by atoms with Gasteiger partial charge in [0.1, 0.15) is 22.7 Å². The SMILES string of the molecule is CC(C)(N=NC(C)(C)C1=NCCN1)C1=NCCN1.O.O.O=S(=O)(O)OS(=O)(=O)O. The lowest BCUT2D eigenvalue weighted by molar-refractivity contribution is 0.344. The Bertz CT molecular complexity index is 766. The van der Waals surface area contributed by atoms with E-state index >= 15 is 0 Å². The van der Waals surface area contributed by atoms with Crippen molar-refractivity contribution in [3.63, 3.8) is 0 Å². The standard InChI is InChI=1S/C12H22N6.H2O7S2.2H2O/c1-11(2,9-13-5-6-14-9)17-18-12(3,4)10-15-7-8-16-10;1-8(2,3)7-9(4,5)6;;/h5-8H2,1-4H3,(H,13,14)(H,15,16);(H,1,2,3)(H,4,5,6);2*1H2. The van der Waals surface area contributed by atoms with Gasteiger partial charge in [0.25, 0.3) is 0 Å². The van der Waals surface area contributed by atoms with Crippen LogP contribution in [0.5, 0.6) is 0 Å². The summed E-state index contributed by atoms with van der Waals surface area (Å²) in [6.07, 6.45) is 0. The van der Waals surface area contributed by atoms with E-state index in [1.165, 1.54) is 0 Å². The molecule has 0 fully saturated rings. The first kappa shape index (κ1) is 29.4. The molecule has 0 aromatic rings. The Morgan fingerprint density at radius 2 is 1.14 bits per heavy atom. The predicted molar refractivity (Wildman–Crippen MR) is 105 cm³/mol. The summed E-state index contributed by atoms with van der Waals surface area (Å²) in [5, 5.41) is 15.4. The van der Waals surface area contributed by atoms with Crippen molar-refractivity contribution < 1.29 is 40.5 Å². The van der Waals surface area contributed by atoms with Gasteiger partial charge in [-0.25, -0.2) is 0 Å². The largest absolute Gasteiger partial charge is 0.413 e. The molecule has 2 aliphatic rings. The Labute approximate surface area is 169 Å². The molecule has 0 saturated carbocycles. The summed E-state index contributed by atoms with van der Waals surface area (Å²) in [4.78, 5) is 8.82. The maximum absolute atomic E-state index is 9.44. The van der Waals surface area contributed by atoms with Crippen molar-refractivity contribution in [2.45, 2.75) is 38.8 Å². The van der Waals surface area contributed by atoms with Crippen LogP contribution in [0.25, 0.3) is 0 Å². The minimum atomic E-state index is -5.12. The number of nitrogens with zero attached hydrogens (tertiary/aromatic N) is 4. The van der Waals surface area contributed by atoms with E-state index in [-0.39, 0.29) is 11.0 Å². The lowest BCUT2D eigenvalue weighted by Crippen LogP contribution is -2.41. The van der Waals surface area contributed by atoms with Crippen molar-refractivity contribution in [3.05, 3.63) is 0 Å². The summed E-state index contributed by atoms with van der Waals surface area (Å²) in [5.41, 5.74) is -0.792. The van der Waals surface area contributed by atoms with Gasteiger partial charge in [0.15, 0.2) is 0 Å². The van der Waals surface area contributed by atoms with Crippen LogP contribution >= 0.6 is 0 Å². The first-order valence-electron chi connectivity index (χ1n) is 7.80. The predicted octanol–water partition coefficient (Wildman–Crippen LogP) is -2.04. The number of amidine groups is 2. The van der Waals surface area contributed by atoms with Crippen LogP contribution in [0.2, 0.25) is 0 Å². The van der Waals surface area contributed by atoms with Gasteiger partial charge >= 0.3 is 20.8 Å². The number of hydrogen-bond donors (Lipinski definition) is 4. The van der Waals surface area contributed by atoms with Crippen molar-refractivity contribution in [2.24, 2.45) is 20.2 Å². The van der Waals surface area contributed by atoms with Crippen molar-refractivity contribution in [2.75, 3.05) is 26.2 Å². The highest BCUT2D eigenvalue weighted by molar-refractivity contribution is 7.94. The normalized spacial score (nSPS) is 17.0. The topological polar surface area (TPSA) is 254 Å². The molecule has 15 nitrogen and oxygen atoms in total. The molecule has 0 amide bonds. The van der Waals surface area contributed by atoms with Crippen LogP contribution in [-0.4, -0.2) is 85.8 Å². The van der Waals surface area contributed by atoms with Crippen LogP contribution < -0.4 is 10.6 Å². The van der Waals surface area contributed by atoms with Gasteiger partial charge in [0.2, 0.25) is 0 Å². The van der Waals surface area contributed by atoms with Gasteiger partial charge in [0, 0.05) is 13.1 Å². The summed E-state index contributed by atoms with van der Waals surface area (Å²) < 4.78 is 55.6. The van der Waals surface area contributed by atoms with E-state index in [1.807, 2.05) is 27.7 Å². The zero-order valence-corrected chi connectivity index (χ0v) is 18.0. The van der Waals surface area contributed by atoms with Crippen LogP contribution in [-0.2, 0) is 24.4 Å². The molecule has 8 N–H and O–H groups in total. The molecule has 2 aliphatic heterocycles. The third-order valence-electron chi connectivity index (χ3n) is 3.23. The molecular weight excluding hydrogens is 436 g/mol. The highest BCUT2D eigenvalue weighted by atomic mass is 32.3. The fourth-order valence-electron chi connectivity index (χ4n) is 2.07. The summed E-state index contributed by atoms with van der Waals surface area (Å²) in [6.45, 7) is 11.5. The third-order valence-corrected chi connectivity index (χ3v) is 4.61. The lowest BCUT2D eigenvalue weighted by atomic mass is 10.0. The fraction of sp³-hybridized carbons (Fsp3) is 0.833. The fourth-order valence-corrected chi connectivity index (χ4v) is 2.94. The summed E-state index contributed by atoms with van der Waals surface area (Å²) in [6, 6.07) is 0. The summed E-state index contributed by atoms with van der Waals surface area (Å²) in [7, 11) is -10.2. The molecule has 172 valence electrons. The molecule has 0 unspecified atom stereocenters. The first-order chi connectivity index (χ1) is 12.1. The second kappa shape index (κ2) is 10.9. The summed E-state index contributed by atoms with van der Waals surface area (Å²) in [5.74, 6) is 1.84. The number of rotatable bonds is 6. The molecule has 0 saturated heterocycles. The van der Waals surface area contributed by atoms with E-state index in [9.17, 15) is 16.8 Å². The monoisotopic (exact) mass is 464 g/mol. The second-order valence-corrected chi connectivity index (χ2v) is 8.81. The first-order valence-corrected chi connectivity index (χ1v) is 10.5. The van der Waals surface area contributed by atoms with E-state index in [4.69, 9.17) is 9.11 Å². The van der Waals surface area contributed by atoms with Crippen molar-refractivity contribution in [1.29, 1.82) is 0 Å². The average molecular weight is 465 g/mol. The second-order valence-electron chi connectivity index (χ2n) is 6.56. The Morgan fingerprint density at radius 3 is 1.31 bits per heavy atom. The van der Waals surface area contributed by atoms with E-state index in [1.54, 1.807) is 0 Å². The zero-order chi connectivity index (χ0) is 20.9. The van der Waals surface area contributed by atoms with Crippen LogP contribution in [0.4, 0.5) is 0 Å². The number of aliphatic imine (C=N–C) groups is 2. The van der Waals surface area contributed by atoms with Gasteiger partial charge in [-0.1, -0.05) is 0 Å². The van der Waals surface area contributed by atoms with Gasteiger partial charge < -0.3 is 21.6 Å². The van der Waals surface area contributed by atoms with Crippen LogP contribution in [0.3, 0.4) is 0 Å². The number of nitrogens with one attached hydrogen (secondary N) is 2. The van der Waals surface area contributed by atoms with Crippen molar-refractivity contribution >= 4 is 32.5 Å². The highest BCUT2D eigenvalue weighted by Crippen LogP contribution is 2.19. The van der Waals surface area contributed by atoms with Gasteiger partial charge in [-0.3, -0.25) is 19.1 Å². The minimum absolute atomic E-state index is 0. The third kappa shape index (κ3) is 11.1. The van der Waals surface area contributed by atoms with Gasteiger partial charge in [-0.15, -0.1) is 3.63 Å². The molecule has 0 aromatic carbocycles. The van der Waals surface area contributed by atoms with Crippen LogP contribution in [0.15, 0.2) is 20.2 Å². The molecule has 0 spiro atoms. The van der Waals surface area contributed by atoms with Gasteiger partial charge in [0.05, 0.1) is 13.1 Å². The Hall–Kier alpha value is -1.76. The van der Waals surface area contributed by atoms with Gasteiger partial charge in [-0.2, -0.15) is 27.1 Å². The molecule has 0 aliphatic carbocycles. The van der Waals surface area contributed by atoms with Crippen LogP contribution in [0, 0.1) is 0 Å². The number of azo groups is 1. The molecule has 2 heterocycles. The van der Waals surface area contributed by atoms with Crippen LogP contribution in [0.1, 0.15) is 27.7 Å². The lowest BCUT2D eigenvalue weighted by Gasteiger charge is -2.23. The molecule has 0 atom stereocenters. The minimum Gasteiger partial charge on any atom is -0.412 e. The van der Waals surface area contributed by atoms with Crippen molar-refractivity contribution in [3.8, 4) is 0 Å². The molecule has 0 radical (unpaired) electrons. The van der Waals surface area contributed by atoms with E-state index in [0.29, 0.717) is 0 Å². The van der Waals surface area contributed by atoms with E-state index < -0.39 is 31.9 Å². The van der Waals surface area contributed by atoms with Crippen molar-refractivity contribution in [1.82, 2.24) is 10.6 Å². The molecule has 17 heteroatoms. The van der Waals surface area contributed by atoms with E-state index in [2.05, 4.69) is 34.5 Å². The maximum Gasteiger partial charge on any atom is 0.413 e. The zero-order valence-electron chi connectivity index (χ0n) is 16.4. The smallest absolute Gasteiger partial charge is 0.412 e. The van der Waals surface area contributed by atoms with Gasteiger partial charge in [-0.05, 0) is 27.7 Å². The molecule has 2 rings (SSSR count). The number of hydrogen-bond acceptors (Lipinski definition) is 11. The Kier molecular flexibility index (Phi) is 11.0. The Balaban J connectivity index is 0. The molecule has 0 aromatic heterocycles. The summed E-state index contributed by atoms with van der Waals surface area (Å²) >= 11 is 0. The average Bonchev–Trinajstić information content (AvgIpc) is 3.15. The molecule has 29 heavy (non-hydrogen) atoms. The quantitative estimate of drug-likeness (QED) is 0.249. The molecular formula is C12H28N6O9S2. The Morgan fingerprint density at radius 1 is 0.828 bits per heavy atom. The highest BCUT2D eigenvalue weighted by Gasteiger charge is 2.31. The molecule has 0 bridgehead atoms. The maximum atomic E-state index is 9.44.